The SMILES string of the molecule is C=CCOc1c(Br)cc(C=Nc2sc3c(c2C#N)CCN(Cc2ccccc2)C3)cc1OC. The van der Waals surface area contributed by atoms with Crippen LogP contribution >= 0.6 is 27.3 Å². The molecule has 0 saturated carbocycles. The molecule has 33 heavy (non-hydrogen) atoms. The Morgan fingerprint density at radius 1 is 1.30 bits per heavy atom. The van der Waals surface area contributed by atoms with Crippen molar-refractivity contribution in [1.29, 1.82) is 5.26 Å². The summed E-state index contributed by atoms with van der Waals surface area (Å²) < 4.78 is 11.9. The Bertz CT molecular complexity index is 1210. The summed E-state index contributed by atoms with van der Waals surface area (Å²) in [4.78, 5) is 8.34. The van der Waals surface area contributed by atoms with E-state index in [0.29, 0.717) is 23.7 Å². The van der Waals surface area contributed by atoms with Crippen LogP contribution in [-0.2, 0) is 19.5 Å². The molecular formula is C26H24BrN3O2S. The third-order valence-electron chi connectivity index (χ3n) is 5.41. The third-order valence-corrected chi connectivity index (χ3v) is 7.12. The van der Waals surface area contributed by atoms with E-state index in [-0.39, 0.29) is 0 Å². The smallest absolute Gasteiger partial charge is 0.175 e. The van der Waals surface area contributed by atoms with E-state index in [1.54, 1.807) is 30.7 Å². The predicted molar refractivity (Wildman–Crippen MR) is 137 cm³/mol. The van der Waals surface area contributed by atoms with E-state index in [1.807, 2.05) is 18.2 Å². The number of rotatable bonds is 8. The van der Waals surface area contributed by atoms with Gasteiger partial charge in [-0.25, -0.2) is 4.99 Å². The predicted octanol–water partition coefficient (Wildman–Crippen LogP) is 6.26. The molecular weight excluding hydrogens is 498 g/mol. The molecule has 3 aromatic rings. The molecule has 0 saturated heterocycles. The maximum atomic E-state index is 9.82. The van der Waals surface area contributed by atoms with Crippen molar-refractivity contribution in [3.63, 3.8) is 0 Å². The van der Waals surface area contributed by atoms with E-state index < -0.39 is 0 Å². The number of halogens is 1. The number of benzene rings is 2. The molecule has 0 fully saturated rings. The second-order valence-corrected chi connectivity index (χ2v) is 9.57. The van der Waals surface area contributed by atoms with Crippen molar-refractivity contribution in [3.8, 4) is 17.6 Å². The van der Waals surface area contributed by atoms with Gasteiger partial charge in [0, 0.05) is 30.7 Å². The van der Waals surface area contributed by atoms with Crippen LogP contribution < -0.4 is 9.47 Å². The van der Waals surface area contributed by atoms with Gasteiger partial charge in [0.05, 0.1) is 17.1 Å². The third kappa shape index (κ3) is 5.36. The van der Waals surface area contributed by atoms with E-state index in [9.17, 15) is 5.26 Å². The molecule has 7 heteroatoms. The average Bonchev–Trinajstić information content (AvgIpc) is 3.19. The molecule has 0 spiro atoms. The minimum absolute atomic E-state index is 0.385. The van der Waals surface area contributed by atoms with Crippen LogP contribution in [0.25, 0.3) is 0 Å². The minimum Gasteiger partial charge on any atom is -0.493 e. The fraction of sp³-hybridized carbons (Fsp3) is 0.231. The molecule has 2 aromatic carbocycles. The number of methoxy groups -OCH3 is 1. The molecule has 0 amide bonds. The van der Waals surface area contributed by atoms with Gasteiger partial charge in [-0.1, -0.05) is 43.0 Å². The number of ether oxygens (including phenoxy) is 2. The fourth-order valence-corrected chi connectivity index (χ4v) is 5.61. The zero-order valence-corrected chi connectivity index (χ0v) is 20.8. The highest BCUT2D eigenvalue weighted by Gasteiger charge is 2.24. The maximum absolute atomic E-state index is 9.82. The zero-order valence-electron chi connectivity index (χ0n) is 18.4. The molecule has 0 N–H and O–H groups in total. The summed E-state index contributed by atoms with van der Waals surface area (Å²) in [6.45, 7) is 6.75. The zero-order chi connectivity index (χ0) is 23.2. The maximum Gasteiger partial charge on any atom is 0.175 e. The van der Waals surface area contributed by atoms with E-state index in [4.69, 9.17) is 9.47 Å². The molecule has 0 atom stereocenters. The molecule has 5 nitrogen and oxygen atoms in total. The van der Waals surface area contributed by atoms with Crippen molar-refractivity contribution in [3.05, 3.63) is 86.7 Å². The largest absolute Gasteiger partial charge is 0.493 e. The van der Waals surface area contributed by atoms with Crippen molar-refractivity contribution >= 4 is 38.5 Å². The quantitative estimate of drug-likeness (QED) is 0.259. The van der Waals surface area contributed by atoms with Gasteiger partial charge in [-0.3, -0.25) is 4.90 Å². The van der Waals surface area contributed by atoms with Crippen LogP contribution in [0.2, 0.25) is 0 Å². The molecule has 0 radical (unpaired) electrons. The molecule has 0 bridgehead atoms. The molecule has 2 heterocycles. The first-order valence-electron chi connectivity index (χ1n) is 10.6. The number of hydrogen-bond acceptors (Lipinski definition) is 6. The first-order chi connectivity index (χ1) is 16.1. The van der Waals surface area contributed by atoms with E-state index >= 15 is 0 Å². The van der Waals surface area contributed by atoms with Crippen molar-refractivity contribution in [1.82, 2.24) is 4.90 Å². The van der Waals surface area contributed by atoms with E-state index in [2.05, 4.69) is 62.7 Å². The average molecular weight is 522 g/mol. The lowest BCUT2D eigenvalue weighted by Crippen LogP contribution is -2.29. The Balaban J connectivity index is 1.55. The van der Waals surface area contributed by atoms with Crippen molar-refractivity contribution in [2.24, 2.45) is 4.99 Å². The molecule has 1 aromatic heterocycles. The Hall–Kier alpha value is -2.92. The second kappa shape index (κ2) is 10.8. The number of nitriles is 1. The van der Waals surface area contributed by atoms with Gasteiger partial charge >= 0.3 is 0 Å². The molecule has 168 valence electrons. The van der Waals surface area contributed by atoms with Gasteiger partial charge in [-0.15, -0.1) is 11.3 Å². The molecule has 1 aliphatic rings. The topological polar surface area (TPSA) is 57.8 Å². The molecule has 1 aliphatic heterocycles. The van der Waals surface area contributed by atoms with Gasteiger partial charge in [-0.2, -0.15) is 5.26 Å². The summed E-state index contributed by atoms with van der Waals surface area (Å²) in [6, 6.07) is 16.7. The number of fused-ring (bicyclic) bond motifs is 1. The van der Waals surface area contributed by atoms with Crippen molar-refractivity contribution in [2.75, 3.05) is 20.3 Å². The molecule has 0 unspecified atom stereocenters. The van der Waals surface area contributed by atoms with Gasteiger partial charge in [-0.05, 0) is 51.2 Å². The Morgan fingerprint density at radius 2 is 2.12 bits per heavy atom. The first kappa shape index (κ1) is 23.2. The summed E-state index contributed by atoms with van der Waals surface area (Å²) in [6.07, 6.45) is 4.32. The Morgan fingerprint density at radius 3 is 2.85 bits per heavy atom. The van der Waals surface area contributed by atoms with Gasteiger partial charge < -0.3 is 9.47 Å². The standard InChI is InChI=1S/C26H24BrN3O2S/c1-3-11-32-25-22(27)12-19(13-23(25)31-2)15-29-26-21(14-28)20-9-10-30(17-24(20)33-26)16-18-7-5-4-6-8-18/h3-8,12-13,15H,1,9-11,16-17H2,2H3. The van der Waals surface area contributed by atoms with Gasteiger partial charge in [0.2, 0.25) is 0 Å². The Kier molecular flexibility index (Phi) is 7.61. The molecule has 0 aliphatic carbocycles. The van der Waals surface area contributed by atoms with E-state index in [0.717, 1.165) is 46.7 Å². The lowest BCUT2D eigenvalue weighted by Gasteiger charge is -2.26. The van der Waals surface area contributed by atoms with Crippen molar-refractivity contribution < 1.29 is 9.47 Å². The lowest BCUT2D eigenvalue weighted by molar-refractivity contribution is 0.249. The summed E-state index contributed by atoms with van der Waals surface area (Å²) in [5, 5.41) is 10.6. The highest BCUT2D eigenvalue weighted by molar-refractivity contribution is 9.10. The fourth-order valence-electron chi connectivity index (χ4n) is 3.85. The number of hydrogen-bond donors (Lipinski definition) is 0. The summed E-state index contributed by atoms with van der Waals surface area (Å²) >= 11 is 5.15. The summed E-state index contributed by atoms with van der Waals surface area (Å²) in [5.74, 6) is 1.23. The number of nitrogens with zero attached hydrogens (tertiary/aromatic N) is 3. The summed E-state index contributed by atoms with van der Waals surface area (Å²) in [5.41, 5.74) is 4.00. The Labute approximate surface area is 206 Å². The van der Waals surface area contributed by atoms with Crippen LogP contribution in [0.5, 0.6) is 11.5 Å². The lowest BCUT2D eigenvalue weighted by atomic mass is 10.0. The molecule has 4 rings (SSSR count). The minimum atomic E-state index is 0.385. The highest BCUT2D eigenvalue weighted by atomic mass is 79.9. The van der Waals surface area contributed by atoms with Crippen LogP contribution in [-0.4, -0.2) is 31.4 Å². The van der Waals surface area contributed by atoms with Crippen LogP contribution in [0.15, 0.2) is 64.6 Å². The second-order valence-electron chi connectivity index (χ2n) is 7.63. The van der Waals surface area contributed by atoms with E-state index in [1.165, 1.54) is 10.4 Å². The van der Waals surface area contributed by atoms with Gasteiger partial charge in [0.25, 0.3) is 0 Å². The number of aliphatic imine (C=N–C) groups is 1. The summed E-state index contributed by atoms with van der Waals surface area (Å²) in [7, 11) is 1.60. The van der Waals surface area contributed by atoms with Crippen LogP contribution in [0.3, 0.4) is 0 Å². The van der Waals surface area contributed by atoms with Crippen LogP contribution in [0.4, 0.5) is 5.00 Å². The van der Waals surface area contributed by atoms with Gasteiger partial charge in [0.1, 0.15) is 17.7 Å². The van der Waals surface area contributed by atoms with Crippen LogP contribution in [0.1, 0.15) is 27.1 Å². The highest BCUT2D eigenvalue weighted by Crippen LogP contribution is 2.40. The number of thiophene rings is 1. The monoisotopic (exact) mass is 521 g/mol. The van der Waals surface area contributed by atoms with Crippen molar-refractivity contribution in [2.45, 2.75) is 19.5 Å². The van der Waals surface area contributed by atoms with Gasteiger partial charge in [0.15, 0.2) is 11.5 Å². The van der Waals surface area contributed by atoms with Crippen LogP contribution in [0, 0.1) is 11.3 Å². The first-order valence-corrected chi connectivity index (χ1v) is 12.2. The normalized spacial score (nSPS) is 13.5.